The van der Waals surface area contributed by atoms with Gasteiger partial charge in [0, 0.05) is 4.47 Å². The van der Waals surface area contributed by atoms with E-state index < -0.39 is 9.84 Å². The first-order valence-corrected chi connectivity index (χ1v) is 6.83. The Morgan fingerprint density at radius 3 is 2.50 bits per heavy atom. The van der Waals surface area contributed by atoms with Crippen LogP contribution in [0.1, 0.15) is 0 Å². The van der Waals surface area contributed by atoms with Crippen LogP contribution in [0.5, 0.6) is 5.75 Å². The largest absolute Gasteiger partial charge is 0.487 e. The molecule has 1 aromatic carbocycles. The number of aliphatic imine (C=N–C) groups is 1. The number of ether oxygens (including phenoxy) is 1. The highest BCUT2D eigenvalue weighted by atomic mass is 79.9. The van der Waals surface area contributed by atoms with Crippen LogP contribution in [0.2, 0.25) is 0 Å². The molecule has 1 aliphatic heterocycles. The van der Waals surface area contributed by atoms with Crippen molar-refractivity contribution < 1.29 is 13.2 Å². The van der Waals surface area contributed by atoms with Gasteiger partial charge in [-0.25, -0.2) is 13.4 Å². The van der Waals surface area contributed by atoms with Crippen LogP contribution in [0.4, 0.5) is 0 Å². The van der Waals surface area contributed by atoms with E-state index in [0.29, 0.717) is 11.4 Å². The van der Waals surface area contributed by atoms with E-state index in [1.54, 1.807) is 12.1 Å². The summed E-state index contributed by atoms with van der Waals surface area (Å²) in [6.45, 7) is 0.150. The number of sulfone groups is 1. The van der Waals surface area contributed by atoms with Crippen molar-refractivity contribution in [3.63, 3.8) is 0 Å². The summed E-state index contributed by atoms with van der Waals surface area (Å²) >= 11 is 3.31. The van der Waals surface area contributed by atoms with E-state index in [9.17, 15) is 8.42 Å². The highest BCUT2D eigenvalue weighted by molar-refractivity contribution is 9.10. The zero-order valence-corrected chi connectivity index (χ0v) is 10.5. The lowest BCUT2D eigenvalue weighted by Crippen LogP contribution is -1.98. The minimum atomic E-state index is -3.25. The molecule has 16 heavy (non-hydrogen) atoms. The summed E-state index contributed by atoms with van der Waals surface area (Å²) in [6, 6.07) is 7.27. The SMILES string of the molecule is O=S1(=O)C=NC(COc2ccc(Br)cc2)=C1. The maximum Gasteiger partial charge on any atom is 0.212 e. The molecule has 0 radical (unpaired) electrons. The van der Waals surface area contributed by atoms with E-state index >= 15 is 0 Å². The number of halogens is 1. The summed E-state index contributed by atoms with van der Waals surface area (Å²) in [5.74, 6) is 0.670. The molecule has 0 spiro atoms. The second kappa shape index (κ2) is 4.39. The van der Waals surface area contributed by atoms with Crippen LogP contribution in [-0.4, -0.2) is 20.6 Å². The van der Waals surface area contributed by atoms with E-state index in [4.69, 9.17) is 4.74 Å². The highest BCUT2D eigenvalue weighted by Gasteiger charge is 2.13. The molecule has 0 saturated carbocycles. The van der Waals surface area contributed by atoms with E-state index in [2.05, 4.69) is 20.9 Å². The van der Waals surface area contributed by atoms with Gasteiger partial charge in [-0.3, -0.25) is 0 Å². The van der Waals surface area contributed by atoms with Crippen LogP contribution in [0.3, 0.4) is 0 Å². The van der Waals surface area contributed by atoms with Gasteiger partial charge in [-0.15, -0.1) is 0 Å². The first-order valence-electron chi connectivity index (χ1n) is 4.43. The molecule has 0 fully saturated rings. The van der Waals surface area contributed by atoms with Gasteiger partial charge in [-0.1, -0.05) is 15.9 Å². The molecule has 0 amide bonds. The van der Waals surface area contributed by atoms with Gasteiger partial charge < -0.3 is 4.74 Å². The van der Waals surface area contributed by atoms with Crippen molar-refractivity contribution in [2.45, 2.75) is 0 Å². The molecule has 1 aliphatic rings. The van der Waals surface area contributed by atoms with E-state index in [0.717, 1.165) is 15.4 Å². The smallest absolute Gasteiger partial charge is 0.212 e. The summed E-state index contributed by atoms with van der Waals surface area (Å²) in [5, 5.41) is 1.10. The van der Waals surface area contributed by atoms with E-state index in [-0.39, 0.29) is 6.61 Å². The Morgan fingerprint density at radius 1 is 1.25 bits per heavy atom. The molecule has 4 nitrogen and oxygen atoms in total. The van der Waals surface area contributed by atoms with Crippen LogP contribution >= 0.6 is 15.9 Å². The van der Waals surface area contributed by atoms with Crippen molar-refractivity contribution in [1.82, 2.24) is 0 Å². The zero-order valence-electron chi connectivity index (χ0n) is 8.13. The van der Waals surface area contributed by atoms with Crippen molar-refractivity contribution in [2.75, 3.05) is 6.61 Å². The third-order valence-corrected chi connectivity index (χ3v) is 3.39. The van der Waals surface area contributed by atoms with Crippen molar-refractivity contribution >= 4 is 31.3 Å². The molecule has 2 rings (SSSR count). The average Bonchev–Trinajstić information content (AvgIpc) is 2.58. The Kier molecular flexibility index (Phi) is 3.11. The molecule has 0 aliphatic carbocycles. The van der Waals surface area contributed by atoms with Gasteiger partial charge in [-0.05, 0) is 24.3 Å². The lowest BCUT2D eigenvalue weighted by atomic mass is 10.3. The third kappa shape index (κ3) is 2.93. The predicted molar refractivity (Wildman–Crippen MR) is 65.1 cm³/mol. The number of hydrogen-bond donors (Lipinski definition) is 0. The summed E-state index contributed by atoms with van der Waals surface area (Å²) < 4.78 is 28.3. The van der Waals surface area contributed by atoms with Gasteiger partial charge in [0.2, 0.25) is 9.84 Å². The second-order valence-corrected chi connectivity index (χ2v) is 5.72. The molecule has 0 aromatic heterocycles. The molecule has 84 valence electrons. The fourth-order valence-corrected chi connectivity index (χ4v) is 2.27. The van der Waals surface area contributed by atoms with Crippen LogP contribution < -0.4 is 4.74 Å². The molecule has 0 saturated heterocycles. The van der Waals surface area contributed by atoms with Gasteiger partial charge in [-0.2, -0.15) is 0 Å². The van der Waals surface area contributed by atoms with Crippen LogP contribution in [-0.2, 0) is 9.84 Å². The van der Waals surface area contributed by atoms with Gasteiger partial charge in [0.1, 0.15) is 17.9 Å². The van der Waals surface area contributed by atoms with Crippen LogP contribution in [0.25, 0.3) is 0 Å². The maximum atomic E-state index is 11.0. The van der Waals surface area contributed by atoms with E-state index in [1.807, 2.05) is 12.1 Å². The normalized spacial score (nSPS) is 17.2. The molecular formula is C10H8BrNO3S. The Hall–Kier alpha value is -1.14. The Labute approximate surface area is 102 Å². The molecule has 6 heteroatoms. The Balaban J connectivity index is 1.99. The number of rotatable bonds is 3. The van der Waals surface area contributed by atoms with Gasteiger partial charge >= 0.3 is 0 Å². The fourth-order valence-electron chi connectivity index (χ4n) is 1.15. The minimum absolute atomic E-state index is 0.150. The average molecular weight is 302 g/mol. The van der Waals surface area contributed by atoms with E-state index in [1.165, 1.54) is 0 Å². The Morgan fingerprint density at radius 2 is 1.94 bits per heavy atom. The van der Waals surface area contributed by atoms with Crippen molar-refractivity contribution in [1.29, 1.82) is 0 Å². The fraction of sp³-hybridized carbons (Fsp3) is 0.100. The molecule has 0 N–H and O–H groups in total. The highest BCUT2D eigenvalue weighted by Crippen LogP contribution is 2.17. The first-order chi connectivity index (χ1) is 7.55. The minimum Gasteiger partial charge on any atom is -0.487 e. The Bertz CT molecular complexity index is 546. The topological polar surface area (TPSA) is 55.7 Å². The molecule has 1 aromatic rings. The summed E-state index contributed by atoms with van der Waals surface area (Å²) in [7, 11) is -3.25. The van der Waals surface area contributed by atoms with Crippen molar-refractivity contribution in [2.24, 2.45) is 4.99 Å². The van der Waals surface area contributed by atoms with Gasteiger partial charge in [0.05, 0.1) is 11.1 Å². The predicted octanol–water partition coefficient (Wildman–Crippen LogP) is 2.13. The van der Waals surface area contributed by atoms with Crippen LogP contribution in [0.15, 0.2) is 44.8 Å². The number of nitrogens with zero attached hydrogens (tertiary/aromatic N) is 1. The van der Waals surface area contributed by atoms with Crippen molar-refractivity contribution in [3.8, 4) is 5.75 Å². The molecular weight excluding hydrogens is 294 g/mol. The molecule has 0 atom stereocenters. The van der Waals surface area contributed by atoms with Crippen molar-refractivity contribution in [3.05, 3.63) is 39.8 Å². The quantitative estimate of drug-likeness (QED) is 0.859. The molecule has 0 bridgehead atoms. The molecule has 0 unspecified atom stereocenters. The summed E-state index contributed by atoms with van der Waals surface area (Å²) in [4.78, 5) is 3.73. The maximum absolute atomic E-state index is 11.0. The first kappa shape index (κ1) is 11.3. The third-order valence-electron chi connectivity index (χ3n) is 1.87. The standard InChI is InChI=1S/C10H8BrNO3S/c11-8-1-3-10(4-2-8)15-5-9-6-16(13,14)7-12-9/h1-4,6-7H,5H2. The number of hydrogen-bond acceptors (Lipinski definition) is 4. The monoisotopic (exact) mass is 301 g/mol. The molecule has 1 heterocycles. The summed E-state index contributed by atoms with van der Waals surface area (Å²) in [6.07, 6.45) is 0. The lowest BCUT2D eigenvalue weighted by Gasteiger charge is -2.04. The zero-order chi connectivity index (χ0) is 11.6. The second-order valence-electron chi connectivity index (χ2n) is 3.18. The summed E-state index contributed by atoms with van der Waals surface area (Å²) in [5.41, 5.74) is 1.33. The number of benzene rings is 1. The van der Waals surface area contributed by atoms with Crippen LogP contribution in [0, 0.1) is 0 Å². The van der Waals surface area contributed by atoms with Gasteiger partial charge in [0.15, 0.2) is 0 Å². The van der Waals surface area contributed by atoms with Gasteiger partial charge in [0.25, 0.3) is 0 Å². The lowest BCUT2D eigenvalue weighted by molar-refractivity contribution is 0.351.